The van der Waals surface area contributed by atoms with Crippen LogP contribution in [0.3, 0.4) is 0 Å². The van der Waals surface area contributed by atoms with E-state index in [-0.39, 0.29) is 5.75 Å². The van der Waals surface area contributed by atoms with Crippen LogP contribution in [0.2, 0.25) is 0 Å². The van der Waals surface area contributed by atoms with Gasteiger partial charge in [-0.2, -0.15) is 0 Å². The summed E-state index contributed by atoms with van der Waals surface area (Å²) in [5.41, 5.74) is 2.11. The number of hydrogen-bond acceptors (Lipinski definition) is 2. The molecule has 0 atom stereocenters. The van der Waals surface area contributed by atoms with Gasteiger partial charge in [-0.05, 0) is 60.8 Å². The first-order chi connectivity index (χ1) is 14.3. The fourth-order valence-electron chi connectivity index (χ4n) is 4.21. The van der Waals surface area contributed by atoms with E-state index in [9.17, 15) is 15.0 Å². The van der Waals surface area contributed by atoms with Crippen LogP contribution in [-0.2, 0) is 12.8 Å². The molecule has 0 spiro atoms. The summed E-state index contributed by atoms with van der Waals surface area (Å²) in [7, 11) is 0. The second-order valence-electron chi connectivity index (χ2n) is 9.80. The highest BCUT2D eigenvalue weighted by atomic mass is 16.4. The number of hydrogen-bond donors (Lipinski definition) is 2. The van der Waals surface area contributed by atoms with E-state index in [1.54, 1.807) is 12.1 Å². The summed E-state index contributed by atoms with van der Waals surface area (Å²) < 4.78 is 0. The van der Waals surface area contributed by atoms with E-state index in [1.807, 2.05) is 0 Å². The fraction of sp³-hybridized carbons (Fsp3) is 0.741. The SMILES string of the molecule is CC(C)CCCCCCCc1c(O)ccc(C(=O)O)c1CCCCCCCC(C)C. The van der Waals surface area contributed by atoms with Crippen molar-refractivity contribution in [1.29, 1.82) is 0 Å². The monoisotopic (exact) mass is 418 g/mol. The Hall–Kier alpha value is -1.51. The van der Waals surface area contributed by atoms with Crippen LogP contribution >= 0.6 is 0 Å². The first-order valence-corrected chi connectivity index (χ1v) is 12.4. The maximum absolute atomic E-state index is 11.7. The lowest BCUT2D eigenvalue weighted by atomic mass is 9.91. The summed E-state index contributed by atoms with van der Waals surface area (Å²) in [6, 6.07) is 3.14. The summed E-state index contributed by atoms with van der Waals surface area (Å²) in [6.07, 6.45) is 15.9. The molecule has 0 radical (unpaired) electrons. The van der Waals surface area contributed by atoms with Gasteiger partial charge in [-0.1, -0.05) is 91.9 Å². The van der Waals surface area contributed by atoms with Crippen LogP contribution in [-0.4, -0.2) is 16.2 Å². The molecule has 0 heterocycles. The predicted octanol–water partition coefficient (Wildman–Crippen LogP) is 8.17. The van der Waals surface area contributed by atoms with Gasteiger partial charge < -0.3 is 10.2 Å². The van der Waals surface area contributed by atoms with Gasteiger partial charge >= 0.3 is 5.97 Å². The third-order valence-electron chi connectivity index (χ3n) is 6.05. The van der Waals surface area contributed by atoms with Crippen LogP contribution in [0.5, 0.6) is 5.75 Å². The predicted molar refractivity (Wildman–Crippen MR) is 128 cm³/mol. The Balaban J connectivity index is 2.54. The Morgan fingerprint density at radius 3 is 1.60 bits per heavy atom. The number of carbonyl (C=O) groups is 1. The summed E-state index contributed by atoms with van der Waals surface area (Å²) >= 11 is 0. The minimum absolute atomic E-state index is 0.270. The molecule has 3 heteroatoms. The van der Waals surface area contributed by atoms with Gasteiger partial charge in [0.1, 0.15) is 5.75 Å². The number of carboxylic acids is 1. The number of carboxylic acid groups (broad SMARTS) is 1. The molecule has 172 valence electrons. The normalized spacial score (nSPS) is 11.5. The molecule has 0 unspecified atom stereocenters. The summed E-state index contributed by atoms with van der Waals surface area (Å²) in [5, 5.41) is 20.1. The van der Waals surface area contributed by atoms with Crippen molar-refractivity contribution < 1.29 is 15.0 Å². The van der Waals surface area contributed by atoms with Crippen LogP contribution in [0.4, 0.5) is 0 Å². The Morgan fingerprint density at radius 2 is 1.13 bits per heavy atom. The first-order valence-electron chi connectivity index (χ1n) is 12.4. The molecule has 0 aromatic heterocycles. The minimum Gasteiger partial charge on any atom is -0.508 e. The quantitative estimate of drug-likeness (QED) is 0.251. The van der Waals surface area contributed by atoms with E-state index in [0.717, 1.165) is 61.5 Å². The number of aromatic hydroxyl groups is 1. The zero-order chi connectivity index (χ0) is 22.4. The van der Waals surface area contributed by atoms with Crippen molar-refractivity contribution in [2.45, 2.75) is 118 Å². The van der Waals surface area contributed by atoms with Gasteiger partial charge in [-0.15, -0.1) is 0 Å². The van der Waals surface area contributed by atoms with Gasteiger partial charge in [0, 0.05) is 0 Å². The van der Waals surface area contributed by atoms with Gasteiger partial charge in [0.25, 0.3) is 0 Å². The van der Waals surface area contributed by atoms with Crippen molar-refractivity contribution in [3.8, 4) is 5.75 Å². The van der Waals surface area contributed by atoms with Crippen molar-refractivity contribution in [2.24, 2.45) is 11.8 Å². The lowest BCUT2D eigenvalue weighted by Gasteiger charge is -2.15. The Labute approximate surface area is 185 Å². The van der Waals surface area contributed by atoms with Crippen molar-refractivity contribution >= 4 is 5.97 Å². The molecule has 0 bridgehead atoms. The molecule has 1 rings (SSSR count). The summed E-state index contributed by atoms with van der Waals surface area (Å²) in [6.45, 7) is 9.07. The summed E-state index contributed by atoms with van der Waals surface area (Å²) in [4.78, 5) is 11.7. The molecular formula is C27H46O3. The third-order valence-corrected chi connectivity index (χ3v) is 6.05. The highest BCUT2D eigenvalue weighted by Gasteiger charge is 2.17. The van der Waals surface area contributed by atoms with E-state index >= 15 is 0 Å². The van der Waals surface area contributed by atoms with Crippen molar-refractivity contribution in [3.05, 3.63) is 28.8 Å². The molecule has 30 heavy (non-hydrogen) atoms. The van der Waals surface area contributed by atoms with Crippen LogP contribution in [0.25, 0.3) is 0 Å². The average molecular weight is 419 g/mol. The highest BCUT2D eigenvalue weighted by Crippen LogP contribution is 2.29. The van der Waals surface area contributed by atoms with Gasteiger partial charge in [-0.25, -0.2) is 4.79 Å². The zero-order valence-corrected chi connectivity index (χ0v) is 20.0. The minimum atomic E-state index is -0.878. The van der Waals surface area contributed by atoms with Crippen molar-refractivity contribution in [1.82, 2.24) is 0 Å². The molecule has 0 aliphatic heterocycles. The molecule has 0 amide bonds. The van der Waals surface area contributed by atoms with Gasteiger partial charge in [-0.3, -0.25) is 0 Å². The number of aromatic carboxylic acids is 1. The molecule has 0 saturated heterocycles. The fourth-order valence-corrected chi connectivity index (χ4v) is 4.21. The molecule has 2 N–H and O–H groups in total. The maximum atomic E-state index is 11.7. The van der Waals surface area contributed by atoms with E-state index in [1.165, 1.54) is 51.4 Å². The molecule has 0 aliphatic rings. The van der Waals surface area contributed by atoms with Crippen LogP contribution in [0, 0.1) is 11.8 Å². The number of phenolic OH excluding ortho intramolecular Hbond substituents is 1. The van der Waals surface area contributed by atoms with Crippen molar-refractivity contribution in [2.75, 3.05) is 0 Å². The number of phenols is 1. The molecule has 1 aromatic carbocycles. The molecule has 0 fully saturated rings. The first kappa shape index (κ1) is 26.5. The number of benzene rings is 1. The van der Waals surface area contributed by atoms with E-state index in [2.05, 4.69) is 27.7 Å². The lowest BCUT2D eigenvalue weighted by molar-refractivity contribution is 0.0695. The van der Waals surface area contributed by atoms with E-state index < -0.39 is 5.97 Å². The van der Waals surface area contributed by atoms with Crippen molar-refractivity contribution in [3.63, 3.8) is 0 Å². The zero-order valence-electron chi connectivity index (χ0n) is 20.0. The van der Waals surface area contributed by atoms with Gasteiger partial charge in [0.05, 0.1) is 5.56 Å². The Bertz CT molecular complexity index is 604. The highest BCUT2D eigenvalue weighted by molar-refractivity contribution is 5.90. The molecule has 3 nitrogen and oxygen atoms in total. The standard InChI is InChI=1S/C27H46O3/c1-21(2)15-11-7-5-9-13-17-23-24(26(28)20-19-25(23)27(29)30)18-14-10-6-8-12-16-22(3)4/h19-22,28H,5-18H2,1-4H3,(H,29,30). The smallest absolute Gasteiger partial charge is 0.335 e. The van der Waals surface area contributed by atoms with Crippen LogP contribution in [0.1, 0.15) is 126 Å². The van der Waals surface area contributed by atoms with Crippen LogP contribution < -0.4 is 0 Å². The van der Waals surface area contributed by atoms with Gasteiger partial charge in [0.2, 0.25) is 0 Å². The molecule has 1 aromatic rings. The second-order valence-corrected chi connectivity index (χ2v) is 9.80. The van der Waals surface area contributed by atoms with E-state index in [4.69, 9.17) is 0 Å². The molecule has 0 aliphatic carbocycles. The third kappa shape index (κ3) is 11.0. The number of unbranched alkanes of at least 4 members (excludes halogenated alkanes) is 8. The molecule has 0 saturated carbocycles. The van der Waals surface area contributed by atoms with Gasteiger partial charge in [0.15, 0.2) is 0 Å². The van der Waals surface area contributed by atoms with E-state index in [0.29, 0.717) is 5.56 Å². The number of rotatable bonds is 17. The summed E-state index contributed by atoms with van der Waals surface area (Å²) in [5.74, 6) is 0.940. The average Bonchev–Trinajstić information content (AvgIpc) is 2.67. The second kappa shape index (κ2) is 15.3. The molecular weight excluding hydrogens is 372 g/mol. The van der Waals surface area contributed by atoms with Crippen LogP contribution in [0.15, 0.2) is 12.1 Å². The Kier molecular flexibility index (Phi) is 13.5. The maximum Gasteiger partial charge on any atom is 0.335 e. The Morgan fingerprint density at radius 1 is 0.700 bits per heavy atom. The largest absolute Gasteiger partial charge is 0.508 e. The topological polar surface area (TPSA) is 57.5 Å². The lowest BCUT2D eigenvalue weighted by Crippen LogP contribution is -2.07.